The Balaban J connectivity index is 1.54. The van der Waals surface area contributed by atoms with E-state index in [0.717, 1.165) is 5.56 Å². The van der Waals surface area contributed by atoms with Crippen LogP contribution in [0.3, 0.4) is 0 Å². The van der Waals surface area contributed by atoms with E-state index in [9.17, 15) is 9.59 Å². The Labute approximate surface area is 222 Å². The number of aryl methyl sites for hydroxylation is 1. The number of methoxy groups -OCH3 is 1. The zero-order valence-corrected chi connectivity index (χ0v) is 22.3. The average molecular weight is 575 g/mol. The lowest BCUT2D eigenvalue weighted by molar-refractivity contribution is -0.118. The molecule has 2 N–H and O–H groups in total. The highest BCUT2D eigenvalue weighted by Crippen LogP contribution is 2.28. The SMILES string of the molecule is CCOc1cc(C(=O)N/N=C/c2ccc(OCC(=O)Nc3ccc(C)c(Cl)c3)c(Br)c2)ccc1OC. The summed E-state index contributed by atoms with van der Waals surface area (Å²) in [6.45, 7) is 4.00. The zero-order valence-electron chi connectivity index (χ0n) is 19.9. The number of nitrogens with zero attached hydrogens (tertiary/aromatic N) is 1. The fourth-order valence-corrected chi connectivity index (χ4v) is 3.73. The quantitative estimate of drug-likeness (QED) is 0.243. The molecule has 3 rings (SSSR count). The van der Waals surface area contributed by atoms with Crippen LogP contribution in [-0.2, 0) is 4.79 Å². The van der Waals surface area contributed by atoms with Gasteiger partial charge in [0.25, 0.3) is 11.8 Å². The maximum Gasteiger partial charge on any atom is 0.271 e. The second-order valence-corrected chi connectivity index (χ2v) is 8.75. The second-order valence-electron chi connectivity index (χ2n) is 7.49. The number of amides is 2. The molecular weight excluding hydrogens is 550 g/mol. The first kappa shape index (κ1) is 27.0. The van der Waals surface area contributed by atoms with Crippen LogP contribution in [0.2, 0.25) is 5.02 Å². The first-order chi connectivity index (χ1) is 17.3. The van der Waals surface area contributed by atoms with Gasteiger partial charge in [-0.1, -0.05) is 17.7 Å². The molecule has 0 saturated heterocycles. The van der Waals surface area contributed by atoms with Crippen molar-refractivity contribution < 1.29 is 23.8 Å². The number of carbonyl (C=O) groups excluding carboxylic acids is 2. The van der Waals surface area contributed by atoms with Crippen molar-refractivity contribution in [1.29, 1.82) is 0 Å². The zero-order chi connectivity index (χ0) is 26.1. The maximum atomic E-state index is 12.4. The molecule has 0 spiro atoms. The fraction of sp³-hybridized carbons (Fsp3) is 0.192. The molecule has 8 nitrogen and oxygen atoms in total. The van der Waals surface area contributed by atoms with Gasteiger partial charge in [-0.05, 0) is 89.4 Å². The van der Waals surface area contributed by atoms with Crippen LogP contribution in [0.25, 0.3) is 0 Å². The minimum atomic E-state index is -0.394. The topological polar surface area (TPSA) is 98.3 Å². The Bertz CT molecular complexity index is 1280. The number of hydrogen-bond acceptors (Lipinski definition) is 6. The fourth-order valence-electron chi connectivity index (χ4n) is 3.04. The number of rotatable bonds is 10. The average Bonchev–Trinajstić information content (AvgIpc) is 2.86. The monoisotopic (exact) mass is 573 g/mol. The largest absolute Gasteiger partial charge is 0.493 e. The van der Waals surface area contributed by atoms with Crippen LogP contribution >= 0.6 is 27.5 Å². The molecule has 3 aromatic rings. The summed E-state index contributed by atoms with van der Waals surface area (Å²) in [6.07, 6.45) is 1.49. The molecule has 0 aromatic heterocycles. The highest BCUT2D eigenvalue weighted by atomic mass is 79.9. The van der Waals surface area contributed by atoms with Gasteiger partial charge in [0.1, 0.15) is 5.75 Å². The number of hydrogen-bond donors (Lipinski definition) is 2. The summed E-state index contributed by atoms with van der Waals surface area (Å²) in [7, 11) is 1.53. The van der Waals surface area contributed by atoms with Crippen LogP contribution in [0.5, 0.6) is 17.2 Å². The van der Waals surface area contributed by atoms with Gasteiger partial charge in [0.05, 0.1) is 24.4 Å². The maximum absolute atomic E-state index is 12.4. The van der Waals surface area contributed by atoms with Crippen LogP contribution in [-0.4, -0.2) is 38.4 Å². The highest BCUT2D eigenvalue weighted by molar-refractivity contribution is 9.10. The van der Waals surface area contributed by atoms with Crippen LogP contribution < -0.4 is 25.0 Å². The lowest BCUT2D eigenvalue weighted by Crippen LogP contribution is -2.20. The van der Waals surface area contributed by atoms with Gasteiger partial charge in [-0.15, -0.1) is 0 Å². The molecule has 10 heteroatoms. The van der Waals surface area contributed by atoms with Gasteiger partial charge in [0, 0.05) is 16.3 Å². The van der Waals surface area contributed by atoms with E-state index in [1.165, 1.54) is 13.3 Å². The highest BCUT2D eigenvalue weighted by Gasteiger charge is 2.11. The van der Waals surface area contributed by atoms with E-state index in [2.05, 4.69) is 31.8 Å². The third kappa shape index (κ3) is 7.47. The molecule has 0 heterocycles. The normalized spacial score (nSPS) is 10.7. The molecule has 0 fully saturated rings. The predicted octanol–water partition coefficient (Wildman–Crippen LogP) is 5.60. The summed E-state index contributed by atoms with van der Waals surface area (Å²) in [6, 6.07) is 15.4. The Hall–Kier alpha value is -3.56. The Morgan fingerprint density at radius 2 is 1.81 bits per heavy atom. The smallest absolute Gasteiger partial charge is 0.271 e. The van der Waals surface area contributed by atoms with Gasteiger partial charge in [-0.25, -0.2) is 5.43 Å². The van der Waals surface area contributed by atoms with E-state index in [-0.39, 0.29) is 12.5 Å². The van der Waals surface area contributed by atoms with Gasteiger partial charge >= 0.3 is 0 Å². The van der Waals surface area contributed by atoms with Crippen molar-refractivity contribution in [1.82, 2.24) is 5.43 Å². The van der Waals surface area contributed by atoms with Crippen LogP contribution in [0, 0.1) is 6.92 Å². The molecule has 0 unspecified atom stereocenters. The third-order valence-corrected chi connectivity index (χ3v) is 5.90. The van der Waals surface area contributed by atoms with Gasteiger partial charge in [0.15, 0.2) is 18.1 Å². The van der Waals surface area contributed by atoms with E-state index < -0.39 is 5.91 Å². The lowest BCUT2D eigenvalue weighted by atomic mass is 10.2. The molecule has 0 aliphatic carbocycles. The molecule has 3 aromatic carbocycles. The van der Waals surface area contributed by atoms with Crippen molar-refractivity contribution in [3.63, 3.8) is 0 Å². The third-order valence-electron chi connectivity index (χ3n) is 4.88. The van der Waals surface area contributed by atoms with Crippen molar-refractivity contribution in [2.75, 3.05) is 25.6 Å². The second kappa shape index (κ2) is 12.9. The molecule has 36 heavy (non-hydrogen) atoms. The molecule has 0 radical (unpaired) electrons. The number of anilines is 1. The van der Waals surface area contributed by atoms with Gasteiger partial charge in [-0.2, -0.15) is 5.10 Å². The number of nitrogens with one attached hydrogen (secondary N) is 2. The molecule has 188 valence electrons. The first-order valence-corrected chi connectivity index (χ1v) is 12.1. The first-order valence-electron chi connectivity index (χ1n) is 10.9. The number of hydrazone groups is 1. The summed E-state index contributed by atoms with van der Waals surface area (Å²) in [5.74, 6) is 0.791. The van der Waals surface area contributed by atoms with E-state index in [4.69, 9.17) is 25.8 Å². The Morgan fingerprint density at radius 1 is 1.03 bits per heavy atom. The Kier molecular flexibility index (Phi) is 9.72. The molecule has 2 amide bonds. The van der Waals surface area contributed by atoms with Gasteiger partial charge < -0.3 is 19.5 Å². The van der Waals surface area contributed by atoms with Crippen molar-refractivity contribution in [3.05, 3.63) is 80.8 Å². The summed E-state index contributed by atoms with van der Waals surface area (Å²) < 4.78 is 17.0. The summed E-state index contributed by atoms with van der Waals surface area (Å²) >= 11 is 9.51. The molecule has 0 aliphatic rings. The predicted molar refractivity (Wildman–Crippen MR) is 144 cm³/mol. The molecule has 0 bridgehead atoms. The molecule has 0 aliphatic heterocycles. The van der Waals surface area contributed by atoms with Crippen LogP contribution in [0.1, 0.15) is 28.4 Å². The van der Waals surface area contributed by atoms with Gasteiger partial charge in [0.2, 0.25) is 0 Å². The molecule has 0 saturated carbocycles. The summed E-state index contributed by atoms with van der Waals surface area (Å²) in [4.78, 5) is 24.6. The summed E-state index contributed by atoms with van der Waals surface area (Å²) in [5.41, 5.74) is 5.09. The molecular formula is C26H25BrClN3O5. The molecule has 0 atom stereocenters. The van der Waals surface area contributed by atoms with Crippen molar-refractivity contribution >= 4 is 51.2 Å². The van der Waals surface area contributed by atoms with Crippen LogP contribution in [0.4, 0.5) is 5.69 Å². The van der Waals surface area contributed by atoms with Crippen molar-refractivity contribution in [2.24, 2.45) is 5.10 Å². The number of carbonyl (C=O) groups is 2. The minimum absolute atomic E-state index is 0.181. The standard InChI is InChI=1S/C26H25BrClN3O5/c1-4-35-24-12-18(7-10-23(24)34-3)26(33)31-29-14-17-6-9-22(20(27)11-17)36-15-25(32)30-19-8-5-16(2)21(28)13-19/h5-14H,4,15H2,1-3H3,(H,30,32)(H,31,33)/b29-14+. The number of ether oxygens (including phenoxy) is 3. The summed E-state index contributed by atoms with van der Waals surface area (Å²) in [5, 5.41) is 7.32. The van der Waals surface area contributed by atoms with E-state index in [1.807, 2.05) is 19.9 Å². The van der Waals surface area contributed by atoms with Crippen molar-refractivity contribution in [3.8, 4) is 17.2 Å². The van der Waals surface area contributed by atoms with Crippen LogP contribution in [0.15, 0.2) is 64.2 Å². The van der Waals surface area contributed by atoms with E-state index in [0.29, 0.717) is 50.2 Å². The van der Waals surface area contributed by atoms with E-state index in [1.54, 1.807) is 48.5 Å². The van der Waals surface area contributed by atoms with Gasteiger partial charge in [-0.3, -0.25) is 9.59 Å². The van der Waals surface area contributed by atoms with E-state index >= 15 is 0 Å². The van der Waals surface area contributed by atoms with Crippen molar-refractivity contribution in [2.45, 2.75) is 13.8 Å². The number of benzene rings is 3. The lowest BCUT2D eigenvalue weighted by Gasteiger charge is -2.10. The minimum Gasteiger partial charge on any atom is -0.493 e. The number of halogens is 2. The Morgan fingerprint density at radius 3 is 2.50 bits per heavy atom.